The second-order valence-electron chi connectivity index (χ2n) is 2.48. The SMILES string of the molecule is O=Cc1cc(C(F)F)c(O)c(CBr)n1. The third-order valence-corrected chi connectivity index (χ3v) is 2.13. The number of rotatable bonds is 3. The molecule has 6 heteroatoms. The summed E-state index contributed by atoms with van der Waals surface area (Å²) < 4.78 is 24.7. The summed E-state index contributed by atoms with van der Waals surface area (Å²) in [4.78, 5) is 14.0. The van der Waals surface area contributed by atoms with Gasteiger partial charge in [0, 0.05) is 5.33 Å². The highest BCUT2D eigenvalue weighted by Gasteiger charge is 2.17. The van der Waals surface area contributed by atoms with Gasteiger partial charge < -0.3 is 5.11 Å². The van der Waals surface area contributed by atoms with Gasteiger partial charge in [-0.2, -0.15) is 0 Å². The summed E-state index contributed by atoms with van der Waals surface area (Å²) in [5.74, 6) is -0.567. The first-order valence-electron chi connectivity index (χ1n) is 3.62. The van der Waals surface area contributed by atoms with Crippen LogP contribution in [0.5, 0.6) is 5.75 Å². The van der Waals surface area contributed by atoms with E-state index in [2.05, 4.69) is 20.9 Å². The van der Waals surface area contributed by atoms with Crippen LogP contribution in [0.4, 0.5) is 8.78 Å². The van der Waals surface area contributed by atoms with E-state index in [0.29, 0.717) is 6.29 Å². The van der Waals surface area contributed by atoms with E-state index in [1.165, 1.54) is 0 Å². The standard InChI is InChI=1S/C8H6BrF2NO2/c9-2-6-7(14)5(8(10)11)1-4(3-13)12-6/h1,3,8,14H,2H2. The van der Waals surface area contributed by atoms with Gasteiger partial charge in [0.05, 0.1) is 11.3 Å². The number of carbonyl (C=O) groups excluding carboxylic acids is 1. The van der Waals surface area contributed by atoms with E-state index in [1.54, 1.807) is 0 Å². The minimum atomic E-state index is -2.82. The van der Waals surface area contributed by atoms with Crippen molar-refractivity contribution >= 4 is 22.2 Å². The third-order valence-electron chi connectivity index (χ3n) is 1.60. The molecule has 0 aliphatic carbocycles. The molecule has 0 aromatic carbocycles. The van der Waals surface area contributed by atoms with Gasteiger partial charge in [-0.15, -0.1) is 0 Å². The molecule has 1 aromatic rings. The zero-order valence-corrected chi connectivity index (χ0v) is 8.46. The lowest BCUT2D eigenvalue weighted by atomic mass is 10.2. The summed E-state index contributed by atoms with van der Waals surface area (Å²) in [6.45, 7) is 0. The number of aromatic hydroxyl groups is 1. The van der Waals surface area contributed by atoms with Gasteiger partial charge in [0.2, 0.25) is 0 Å². The Morgan fingerprint density at radius 3 is 2.71 bits per heavy atom. The van der Waals surface area contributed by atoms with Crippen LogP contribution in [0.15, 0.2) is 6.07 Å². The molecule has 0 fully saturated rings. The van der Waals surface area contributed by atoms with Gasteiger partial charge in [-0.25, -0.2) is 13.8 Å². The smallest absolute Gasteiger partial charge is 0.267 e. The highest BCUT2D eigenvalue weighted by Crippen LogP contribution is 2.31. The number of pyridine rings is 1. The number of aromatic nitrogens is 1. The predicted octanol–water partition coefficient (Wildman–Crippen LogP) is 2.43. The first-order valence-corrected chi connectivity index (χ1v) is 4.74. The lowest BCUT2D eigenvalue weighted by Crippen LogP contribution is -1.98. The molecular weight excluding hydrogens is 260 g/mol. The summed E-state index contributed by atoms with van der Waals surface area (Å²) in [7, 11) is 0. The number of nitrogens with zero attached hydrogens (tertiary/aromatic N) is 1. The highest BCUT2D eigenvalue weighted by atomic mass is 79.9. The third kappa shape index (κ3) is 2.06. The maximum atomic E-state index is 12.3. The summed E-state index contributed by atoms with van der Waals surface area (Å²) in [6, 6.07) is 0.874. The van der Waals surface area contributed by atoms with Gasteiger partial charge >= 0.3 is 0 Å². The van der Waals surface area contributed by atoms with E-state index in [0.717, 1.165) is 6.07 Å². The Kier molecular flexibility index (Phi) is 3.51. The Morgan fingerprint density at radius 2 is 2.29 bits per heavy atom. The van der Waals surface area contributed by atoms with Crippen LogP contribution in [-0.4, -0.2) is 16.4 Å². The zero-order chi connectivity index (χ0) is 10.7. The predicted molar refractivity (Wildman–Crippen MR) is 48.9 cm³/mol. The van der Waals surface area contributed by atoms with E-state index in [1.807, 2.05) is 0 Å². The molecule has 1 heterocycles. The Balaban J connectivity index is 3.34. The molecule has 0 saturated carbocycles. The molecule has 0 saturated heterocycles. The van der Waals surface area contributed by atoms with Crippen LogP contribution in [0.3, 0.4) is 0 Å². The highest BCUT2D eigenvalue weighted by molar-refractivity contribution is 9.08. The molecule has 1 rings (SSSR count). The average Bonchev–Trinajstić information content (AvgIpc) is 2.17. The van der Waals surface area contributed by atoms with Crippen molar-refractivity contribution in [1.82, 2.24) is 4.98 Å². The normalized spacial score (nSPS) is 10.6. The molecule has 1 N–H and O–H groups in total. The zero-order valence-electron chi connectivity index (χ0n) is 6.88. The Hall–Kier alpha value is -1.04. The van der Waals surface area contributed by atoms with Crippen LogP contribution in [0.25, 0.3) is 0 Å². The Bertz CT molecular complexity index is 357. The molecular formula is C8H6BrF2NO2. The van der Waals surface area contributed by atoms with Gasteiger partial charge in [-0.3, -0.25) is 4.79 Å². The van der Waals surface area contributed by atoms with Crippen molar-refractivity contribution in [2.24, 2.45) is 0 Å². The van der Waals surface area contributed by atoms with E-state index >= 15 is 0 Å². The average molecular weight is 266 g/mol. The quantitative estimate of drug-likeness (QED) is 0.675. The van der Waals surface area contributed by atoms with Crippen LogP contribution in [0.1, 0.15) is 28.2 Å². The molecule has 0 amide bonds. The van der Waals surface area contributed by atoms with Crippen molar-refractivity contribution < 1.29 is 18.7 Å². The van der Waals surface area contributed by atoms with Crippen molar-refractivity contribution in [2.45, 2.75) is 11.8 Å². The number of alkyl halides is 3. The fraction of sp³-hybridized carbons (Fsp3) is 0.250. The largest absolute Gasteiger partial charge is 0.505 e. The molecule has 14 heavy (non-hydrogen) atoms. The second-order valence-corrected chi connectivity index (χ2v) is 3.04. The van der Waals surface area contributed by atoms with Gasteiger partial charge in [-0.1, -0.05) is 15.9 Å². The number of aldehydes is 1. The first-order chi connectivity index (χ1) is 6.60. The minimum Gasteiger partial charge on any atom is -0.505 e. The van der Waals surface area contributed by atoms with Crippen molar-refractivity contribution in [3.05, 3.63) is 23.0 Å². The molecule has 3 nitrogen and oxygen atoms in total. The van der Waals surface area contributed by atoms with Crippen LogP contribution in [0, 0.1) is 0 Å². The fourth-order valence-electron chi connectivity index (χ4n) is 0.955. The molecule has 76 valence electrons. The van der Waals surface area contributed by atoms with E-state index < -0.39 is 17.7 Å². The molecule has 0 aliphatic heterocycles. The van der Waals surface area contributed by atoms with Crippen molar-refractivity contribution in [3.8, 4) is 5.75 Å². The maximum absolute atomic E-state index is 12.3. The fourth-order valence-corrected chi connectivity index (χ4v) is 1.35. The summed E-state index contributed by atoms with van der Waals surface area (Å²) in [5, 5.41) is 9.40. The Labute approximate surface area is 86.9 Å². The van der Waals surface area contributed by atoms with Gasteiger partial charge in [0.1, 0.15) is 11.4 Å². The van der Waals surface area contributed by atoms with Crippen LogP contribution >= 0.6 is 15.9 Å². The monoisotopic (exact) mass is 265 g/mol. The number of hydrogen-bond acceptors (Lipinski definition) is 3. The maximum Gasteiger partial charge on any atom is 0.267 e. The summed E-state index contributed by atoms with van der Waals surface area (Å²) in [6.07, 6.45) is -2.47. The summed E-state index contributed by atoms with van der Waals surface area (Å²) in [5.41, 5.74) is -0.658. The molecule has 0 radical (unpaired) electrons. The second kappa shape index (κ2) is 4.45. The van der Waals surface area contributed by atoms with Gasteiger partial charge in [-0.05, 0) is 6.07 Å². The lowest BCUT2D eigenvalue weighted by molar-refractivity contribution is 0.111. The first kappa shape index (κ1) is 11.0. The van der Waals surface area contributed by atoms with E-state index in [-0.39, 0.29) is 16.7 Å². The molecule has 0 spiro atoms. The minimum absolute atomic E-state index is 0.0323. The summed E-state index contributed by atoms with van der Waals surface area (Å²) >= 11 is 2.97. The number of carbonyl (C=O) groups is 1. The van der Waals surface area contributed by atoms with E-state index in [9.17, 15) is 18.7 Å². The van der Waals surface area contributed by atoms with Crippen molar-refractivity contribution in [2.75, 3.05) is 0 Å². The van der Waals surface area contributed by atoms with E-state index in [4.69, 9.17) is 0 Å². The lowest BCUT2D eigenvalue weighted by Gasteiger charge is -2.07. The molecule has 0 atom stereocenters. The van der Waals surface area contributed by atoms with Crippen LogP contribution in [-0.2, 0) is 5.33 Å². The number of halogens is 3. The molecule has 0 aliphatic rings. The van der Waals surface area contributed by atoms with Gasteiger partial charge in [0.15, 0.2) is 6.29 Å². The Morgan fingerprint density at radius 1 is 1.64 bits per heavy atom. The molecule has 0 unspecified atom stereocenters. The van der Waals surface area contributed by atoms with Crippen molar-refractivity contribution in [3.63, 3.8) is 0 Å². The number of hydrogen-bond donors (Lipinski definition) is 1. The molecule has 1 aromatic heterocycles. The van der Waals surface area contributed by atoms with Crippen LogP contribution in [0.2, 0.25) is 0 Å². The van der Waals surface area contributed by atoms with Crippen molar-refractivity contribution in [1.29, 1.82) is 0 Å². The molecule has 0 bridgehead atoms. The topological polar surface area (TPSA) is 50.2 Å². The van der Waals surface area contributed by atoms with Gasteiger partial charge in [0.25, 0.3) is 6.43 Å². The van der Waals surface area contributed by atoms with Crippen LogP contribution < -0.4 is 0 Å².